The summed E-state index contributed by atoms with van der Waals surface area (Å²) in [6.07, 6.45) is 2.55. The van der Waals surface area contributed by atoms with Gasteiger partial charge in [-0.2, -0.15) is 0 Å². The quantitative estimate of drug-likeness (QED) is 0.339. The molecule has 0 amide bonds. The zero-order valence-electron chi connectivity index (χ0n) is 4.83. The maximum atomic E-state index is 9.99. The summed E-state index contributed by atoms with van der Waals surface area (Å²) in [6.45, 7) is 0. The fraction of sp³-hybridized carbons (Fsp3) is 0. The van der Waals surface area contributed by atoms with Crippen LogP contribution in [-0.2, 0) is 11.1 Å². The molecule has 0 saturated heterocycles. The van der Waals surface area contributed by atoms with E-state index in [9.17, 15) is 8.76 Å². The number of imidazole rings is 1. The summed E-state index contributed by atoms with van der Waals surface area (Å²) >= 11 is -2.17. The van der Waals surface area contributed by atoms with Gasteiger partial charge in [0.15, 0.2) is 0 Å². The second-order valence-electron chi connectivity index (χ2n) is 1.15. The van der Waals surface area contributed by atoms with E-state index in [1.807, 2.05) is 0 Å². The number of nitrogens with one attached hydrogen (secondary N) is 1. The molecule has 0 aliphatic heterocycles. The number of nitrogens with zero attached hydrogens (tertiary/aromatic N) is 1. The molecular formula is C3H3N2NaO2S. The summed E-state index contributed by atoms with van der Waals surface area (Å²) in [5, 5.41) is 0.116. The van der Waals surface area contributed by atoms with Crippen molar-refractivity contribution in [1.29, 1.82) is 0 Å². The van der Waals surface area contributed by atoms with E-state index in [1.54, 1.807) is 0 Å². The van der Waals surface area contributed by atoms with Gasteiger partial charge in [-0.3, -0.25) is 4.21 Å². The molecule has 0 bridgehead atoms. The summed E-state index contributed by atoms with van der Waals surface area (Å²) in [5.41, 5.74) is 0. The molecule has 0 aliphatic rings. The second-order valence-corrected chi connectivity index (χ2v) is 2.06. The van der Waals surface area contributed by atoms with Gasteiger partial charge in [-0.25, -0.2) is 4.98 Å². The molecule has 4 nitrogen and oxygen atoms in total. The third-order valence-electron chi connectivity index (χ3n) is 0.653. The van der Waals surface area contributed by atoms with Crippen LogP contribution in [0.5, 0.6) is 0 Å². The van der Waals surface area contributed by atoms with Gasteiger partial charge >= 0.3 is 29.6 Å². The van der Waals surface area contributed by atoms with Gasteiger partial charge in [0.25, 0.3) is 0 Å². The van der Waals surface area contributed by atoms with Crippen molar-refractivity contribution in [3.05, 3.63) is 12.5 Å². The van der Waals surface area contributed by atoms with Crippen LogP contribution in [0.15, 0.2) is 17.6 Å². The van der Waals surface area contributed by atoms with Crippen LogP contribution in [0.2, 0.25) is 0 Å². The zero-order valence-corrected chi connectivity index (χ0v) is 7.64. The molecule has 0 aliphatic carbocycles. The number of hydrogen-bond donors (Lipinski definition) is 1. The van der Waals surface area contributed by atoms with Crippen molar-refractivity contribution in [2.75, 3.05) is 0 Å². The van der Waals surface area contributed by atoms with Gasteiger partial charge in [-0.1, -0.05) is 0 Å². The van der Waals surface area contributed by atoms with E-state index >= 15 is 0 Å². The first-order valence-electron chi connectivity index (χ1n) is 1.88. The van der Waals surface area contributed by atoms with Crippen molar-refractivity contribution in [1.82, 2.24) is 9.97 Å². The predicted octanol–water partition coefficient (Wildman–Crippen LogP) is -3.35. The fourth-order valence-electron chi connectivity index (χ4n) is 0.334. The second kappa shape index (κ2) is 4.19. The average Bonchev–Trinajstić information content (AvgIpc) is 2.12. The maximum absolute atomic E-state index is 9.99. The minimum absolute atomic E-state index is 0. The predicted molar refractivity (Wildman–Crippen MR) is 25.8 cm³/mol. The largest absolute Gasteiger partial charge is 1.00 e. The van der Waals surface area contributed by atoms with E-state index in [-0.39, 0.29) is 34.6 Å². The Morgan fingerprint density at radius 2 is 2.44 bits per heavy atom. The van der Waals surface area contributed by atoms with E-state index in [2.05, 4.69) is 9.97 Å². The molecule has 1 heterocycles. The normalized spacial score (nSPS) is 12.1. The average molecular weight is 154 g/mol. The van der Waals surface area contributed by atoms with Crippen LogP contribution in [0, 0.1) is 0 Å². The number of aromatic nitrogens is 2. The third kappa shape index (κ3) is 2.59. The summed E-state index contributed by atoms with van der Waals surface area (Å²) < 4.78 is 20.0. The summed E-state index contributed by atoms with van der Waals surface area (Å²) in [4.78, 5) is 5.91. The molecule has 0 radical (unpaired) electrons. The molecule has 0 saturated carbocycles. The van der Waals surface area contributed by atoms with Crippen molar-refractivity contribution >= 4 is 11.1 Å². The van der Waals surface area contributed by atoms with Crippen molar-refractivity contribution in [2.24, 2.45) is 0 Å². The Balaban J connectivity index is 0.000000640. The maximum Gasteiger partial charge on any atom is 1.00 e. The number of hydrogen-bond acceptors (Lipinski definition) is 3. The SMILES string of the molecule is O=S([O-])c1cnc[nH]1.[Na+]. The Bertz CT molecular complexity index is 188. The Hall–Kier alpha value is 0.320. The first-order chi connectivity index (χ1) is 3.80. The van der Waals surface area contributed by atoms with Gasteiger partial charge in [0, 0.05) is 0 Å². The van der Waals surface area contributed by atoms with Gasteiger partial charge in [-0.05, 0) is 11.1 Å². The molecule has 1 N–H and O–H groups in total. The summed E-state index contributed by atoms with van der Waals surface area (Å²) in [7, 11) is 0. The molecule has 44 valence electrons. The Morgan fingerprint density at radius 3 is 2.67 bits per heavy atom. The Kier molecular flexibility index (Phi) is 4.33. The zero-order chi connectivity index (χ0) is 5.98. The third-order valence-corrected chi connectivity index (χ3v) is 1.24. The smallest absolute Gasteiger partial charge is 0.767 e. The first kappa shape index (κ1) is 9.32. The van der Waals surface area contributed by atoms with Crippen LogP contribution in [0.1, 0.15) is 0 Å². The van der Waals surface area contributed by atoms with Crippen molar-refractivity contribution in [3.8, 4) is 0 Å². The number of H-pyrrole nitrogens is 1. The monoisotopic (exact) mass is 154 g/mol. The molecule has 0 aromatic carbocycles. The Labute approximate surface area is 76.7 Å². The van der Waals surface area contributed by atoms with Gasteiger partial charge in [0.05, 0.1) is 12.5 Å². The van der Waals surface area contributed by atoms with Crippen LogP contribution in [0.3, 0.4) is 0 Å². The molecule has 1 atom stereocenters. The first-order valence-corrected chi connectivity index (χ1v) is 2.96. The minimum atomic E-state index is -2.17. The van der Waals surface area contributed by atoms with Gasteiger partial charge in [0.1, 0.15) is 5.03 Å². The number of aromatic amines is 1. The van der Waals surface area contributed by atoms with E-state index in [1.165, 1.54) is 12.5 Å². The molecule has 0 fully saturated rings. The van der Waals surface area contributed by atoms with Crippen LogP contribution in [-0.4, -0.2) is 18.7 Å². The van der Waals surface area contributed by atoms with Crippen LogP contribution in [0.4, 0.5) is 0 Å². The summed E-state index contributed by atoms with van der Waals surface area (Å²) in [6, 6.07) is 0. The molecule has 1 unspecified atom stereocenters. The van der Waals surface area contributed by atoms with Crippen LogP contribution >= 0.6 is 0 Å². The fourth-order valence-corrected chi connectivity index (χ4v) is 0.630. The van der Waals surface area contributed by atoms with Crippen LogP contribution in [0.25, 0.3) is 0 Å². The van der Waals surface area contributed by atoms with Crippen LogP contribution < -0.4 is 29.6 Å². The van der Waals surface area contributed by atoms with Gasteiger partial charge in [0.2, 0.25) is 0 Å². The van der Waals surface area contributed by atoms with Gasteiger partial charge in [-0.15, -0.1) is 0 Å². The topological polar surface area (TPSA) is 68.8 Å². The molecule has 6 heteroatoms. The van der Waals surface area contributed by atoms with Crippen molar-refractivity contribution < 1.29 is 38.3 Å². The van der Waals surface area contributed by atoms with Crippen molar-refractivity contribution in [2.45, 2.75) is 5.03 Å². The van der Waals surface area contributed by atoms with E-state index in [0.717, 1.165) is 0 Å². The van der Waals surface area contributed by atoms with Gasteiger partial charge < -0.3 is 9.54 Å². The molecule has 1 aromatic heterocycles. The number of rotatable bonds is 1. The molecule has 9 heavy (non-hydrogen) atoms. The van der Waals surface area contributed by atoms with Crippen molar-refractivity contribution in [3.63, 3.8) is 0 Å². The standard InChI is InChI=1S/C3H4N2O2S.Na/c6-8(7)3-1-4-2-5-3;/h1-2H,(H,4,5)(H,6,7);/q;+1/p-1. The molecule has 0 spiro atoms. The van der Waals surface area contributed by atoms with E-state index in [0.29, 0.717) is 0 Å². The molecular weight excluding hydrogens is 151 g/mol. The Morgan fingerprint density at radius 1 is 1.78 bits per heavy atom. The van der Waals surface area contributed by atoms with E-state index in [4.69, 9.17) is 0 Å². The minimum Gasteiger partial charge on any atom is -0.767 e. The van der Waals surface area contributed by atoms with E-state index < -0.39 is 11.1 Å². The molecule has 1 rings (SSSR count). The molecule has 1 aromatic rings. The summed E-state index contributed by atoms with van der Waals surface area (Å²) in [5.74, 6) is 0.